The predicted molar refractivity (Wildman–Crippen MR) is 56.6 cm³/mol. The van der Waals surface area contributed by atoms with Gasteiger partial charge in [0.1, 0.15) is 17.0 Å². The van der Waals surface area contributed by atoms with Crippen LogP contribution >= 0.6 is 0 Å². The molecule has 1 atom stereocenters. The molecule has 0 fully saturated rings. The van der Waals surface area contributed by atoms with Gasteiger partial charge in [0.05, 0.1) is 6.61 Å². The standard InChI is InChI=1S/C11H13F2NO3/c1-17-6-11(5-14,10(15)16)7-2-8(12)4-9(13)3-7/h2-4H,5-6,14H2,1H3,(H,15,16). The van der Waals surface area contributed by atoms with Crippen molar-refractivity contribution in [1.29, 1.82) is 0 Å². The van der Waals surface area contributed by atoms with Gasteiger partial charge in [-0.3, -0.25) is 4.79 Å². The number of carboxylic acid groups (broad SMARTS) is 1. The lowest BCUT2D eigenvalue weighted by atomic mass is 9.81. The van der Waals surface area contributed by atoms with Gasteiger partial charge in [-0.1, -0.05) is 0 Å². The summed E-state index contributed by atoms with van der Waals surface area (Å²) in [5.41, 5.74) is 3.73. The summed E-state index contributed by atoms with van der Waals surface area (Å²) in [6.07, 6.45) is 0. The first-order valence-corrected chi connectivity index (χ1v) is 4.85. The largest absolute Gasteiger partial charge is 0.480 e. The predicted octanol–water partition coefficient (Wildman–Crippen LogP) is 0.892. The van der Waals surface area contributed by atoms with E-state index < -0.39 is 23.0 Å². The molecule has 0 saturated heterocycles. The maximum atomic E-state index is 13.1. The van der Waals surface area contributed by atoms with Gasteiger partial charge in [0, 0.05) is 19.7 Å². The van der Waals surface area contributed by atoms with Gasteiger partial charge in [-0.2, -0.15) is 0 Å². The fraction of sp³-hybridized carbons (Fsp3) is 0.364. The third-order valence-corrected chi connectivity index (χ3v) is 2.56. The van der Waals surface area contributed by atoms with Crippen molar-refractivity contribution < 1.29 is 23.4 Å². The summed E-state index contributed by atoms with van der Waals surface area (Å²) >= 11 is 0. The summed E-state index contributed by atoms with van der Waals surface area (Å²) in [5.74, 6) is -2.99. The molecule has 94 valence electrons. The van der Waals surface area contributed by atoms with Crippen LogP contribution in [0.1, 0.15) is 5.56 Å². The summed E-state index contributed by atoms with van der Waals surface area (Å²) in [5, 5.41) is 9.19. The van der Waals surface area contributed by atoms with E-state index in [1.54, 1.807) is 0 Å². The molecule has 0 spiro atoms. The molecular weight excluding hydrogens is 232 g/mol. The molecule has 6 heteroatoms. The Balaban J connectivity index is 3.34. The van der Waals surface area contributed by atoms with Gasteiger partial charge in [0.15, 0.2) is 0 Å². The number of methoxy groups -OCH3 is 1. The molecule has 0 aromatic heterocycles. The Bertz CT molecular complexity index is 405. The number of benzene rings is 1. The van der Waals surface area contributed by atoms with E-state index in [1.165, 1.54) is 7.11 Å². The molecule has 1 rings (SSSR count). The highest BCUT2D eigenvalue weighted by molar-refractivity contribution is 5.82. The van der Waals surface area contributed by atoms with Gasteiger partial charge >= 0.3 is 5.97 Å². The number of nitrogens with two attached hydrogens (primary N) is 1. The molecule has 0 heterocycles. The molecule has 0 bridgehead atoms. The lowest BCUT2D eigenvalue weighted by Gasteiger charge is -2.27. The number of hydrogen-bond acceptors (Lipinski definition) is 3. The minimum Gasteiger partial charge on any atom is -0.480 e. The van der Waals surface area contributed by atoms with E-state index in [0.29, 0.717) is 6.07 Å². The first-order chi connectivity index (χ1) is 7.96. The smallest absolute Gasteiger partial charge is 0.317 e. The highest BCUT2D eigenvalue weighted by atomic mass is 19.1. The van der Waals surface area contributed by atoms with Crippen LogP contribution in [0.25, 0.3) is 0 Å². The van der Waals surface area contributed by atoms with Crippen LogP contribution in [0.5, 0.6) is 0 Å². The Morgan fingerprint density at radius 2 is 1.94 bits per heavy atom. The van der Waals surface area contributed by atoms with E-state index in [1.807, 2.05) is 0 Å². The monoisotopic (exact) mass is 245 g/mol. The summed E-state index contributed by atoms with van der Waals surface area (Å²) in [4.78, 5) is 11.3. The zero-order valence-corrected chi connectivity index (χ0v) is 9.24. The molecule has 1 unspecified atom stereocenters. The molecule has 0 radical (unpaired) electrons. The molecule has 0 aliphatic heterocycles. The van der Waals surface area contributed by atoms with Gasteiger partial charge in [0.25, 0.3) is 0 Å². The van der Waals surface area contributed by atoms with Crippen LogP contribution < -0.4 is 5.73 Å². The second kappa shape index (κ2) is 5.20. The highest BCUT2D eigenvalue weighted by Gasteiger charge is 2.40. The van der Waals surface area contributed by atoms with Crippen LogP contribution in [0.2, 0.25) is 0 Å². The fourth-order valence-electron chi connectivity index (χ4n) is 1.61. The average molecular weight is 245 g/mol. The van der Waals surface area contributed by atoms with E-state index in [-0.39, 0.29) is 18.7 Å². The number of rotatable bonds is 5. The highest BCUT2D eigenvalue weighted by Crippen LogP contribution is 2.25. The van der Waals surface area contributed by atoms with Crippen LogP contribution in [-0.4, -0.2) is 31.3 Å². The minimum atomic E-state index is -1.64. The van der Waals surface area contributed by atoms with Crippen LogP contribution in [0.4, 0.5) is 8.78 Å². The van der Waals surface area contributed by atoms with E-state index in [4.69, 9.17) is 10.5 Å². The van der Waals surface area contributed by atoms with E-state index in [0.717, 1.165) is 12.1 Å². The summed E-state index contributed by atoms with van der Waals surface area (Å²) < 4.78 is 31.0. The normalized spacial score (nSPS) is 14.4. The molecule has 0 aliphatic rings. The van der Waals surface area contributed by atoms with Crippen LogP contribution in [-0.2, 0) is 14.9 Å². The van der Waals surface area contributed by atoms with Gasteiger partial charge in [-0.25, -0.2) is 8.78 Å². The van der Waals surface area contributed by atoms with Crippen molar-refractivity contribution in [2.45, 2.75) is 5.41 Å². The maximum Gasteiger partial charge on any atom is 0.317 e. The Kier molecular flexibility index (Phi) is 4.14. The SMILES string of the molecule is COCC(CN)(C(=O)O)c1cc(F)cc(F)c1. The van der Waals surface area contributed by atoms with Crippen molar-refractivity contribution in [3.63, 3.8) is 0 Å². The first-order valence-electron chi connectivity index (χ1n) is 4.85. The molecule has 4 nitrogen and oxygen atoms in total. The van der Waals surface area contributed by atoms with Crippen molar-refractivity contribution in [1.82, 2.24) is 0 Å². The number of aliphatic carboxylic acids is 1. The Morgan fingerprint density at radius 1 is 1.41 bits per heavy atom. The van der Waals surface area contributed by atoms with Crippen LogP contribution in [0.3, 0.4) is 0 Å². The van der Waals surface area contributed by atoms with Crippen molar-refractivity contribution in [3.05, 3.63) is 35.4 Å². The van der Waals surface area contributed by atoms with Gasteiger partial charge < -0.3 is 15.6 Å². The van der Waals surface area contributed by atoms with Crippen molar-refractivity contribution in [2.75, 3.05) is 20.3 Å². The fourth-order valence-corrected chi connectivity index (χ4v) is 1.61. The third-order valence-electron chi connectivity index (χ3n) is 2.56. The van der Waals surface area contributed by atoms with Crippen molar-refractivity contribution in [2.24, 2.45) is 5.73 Å². The first kappa shape index (κ1) is 13.5. The summed E-state index contributed by atoms with van der Waals surface area (Å²) in [6.45, 7) is -0.583. The minimum absolute atomic E-state index is 0.0492. The number of ether oxygens (including phenoxy) is 1. The molecule has 0 saturated carbocycles. The molecule has 17 heavy (non-hydrogen) atoms. The average Bonchev–Trinajstić information content (AvgIpc) is 2.24. The lowest BCUT2D eigenvalue weighted by molar-refractivity contribution is -0.145. The molecule has 1 aromatic carbocycles. The van der Waals surface area contributed by atoms with Crippen LogP contribution in [0, 0.1) is 11.6 Å². The van der Waals surface area contributed by atoms with Crippen molar-refractivity contribution in [3.8, 4) is 0 Å². The van der Waals surface area contributed by atoms with Gasteiger partial charge in [0.2, 0.25) is 0 Å². The third kappa shape index (κ3) is 2.59. The second-order valence-electron chi connectivity index (χ2n) is 3.68. The van der Waals surface area contributed by atoms with E-state index in [9.17, 15) is 18.7 Å². The Labute approximate surface area is 97.0 Å². The Hall–Kier alpha value is -1.53. The van der Waals surface area contributed by atoms with Crippen LogP contribution in [0.15, 0.2) is 18.2 Å². The topological polar surface area (TPSA) is 72.5 Å². The number of halogens is 2. The lowest BCUT2D eigenvalue weighted by Crippen LogP contribution is -2.46. The number of carbonyl (C=O) groups is 1. The summed E-state index contributed by atoms with van der Waals surface area (Å²) in [6, 6.07) is 2.56. The molecule has 1 aromatic rings. The summed E-state index contributed by atoms with van der Waals surface area (Å²) in [7, 11) is 1.29. The zero-order chi connectivity index (χ0) is 13.1. The maximum absolute atomic E-state index is 13.1. The number of hydrogen-bond donors (Lipinski definition) is 2. The van der Waals surface area contributed by atoms with Crippen molar-refractivity contribution >= 4 is 5.97 Å². The second-order valence-corrected chi connectivity index (χ2v) is 3.68. The van der Waals surface area contributed by atoms with E-state index >= 15 is 0 Å². The molecule has 0 aliphatic carbocycles. The van der Waals surface area contributed by atoms with E-state index in [2.05, 4.69) is 0 Å². The number of carboxylic acids is 1. The molecule has 0 amide bonds. The zero-order valence-electron chi connectivity index (χ0n) is 9.24. The molecular formula is C11H13F2NO3. The van der Waals surface area contributed by atoms with Gasteiger partial charge in [-0.15, -0.1) is 0 Å². The molecule has 3 N–H and O–H groups in total. The van der Waals surface area contributed by atoms with Gasteiger partial charge in [-0.05, 0) is 17.7 Å². The Morgan fingerprint density at radius 3 is 2.29 bits per heavy atom. The quantitative estimate of drug-likeness (QED) is 0.808.